The summed E-state index contributed by atoms with van der Waals surface area (Å²) in [6.07, 6.45) is 9.63. The number of piperidine rings is 1. The van der Waals surface area contributed by atoms with Gasteiger partial charge >= 0.3 is 0 Å². The van der Waals surface area contributed by atoms with Gasteiger partial charge in [-0.25, -0.2) is 4.39 Å². The van der Waals surface area contributed by atoms with Crippen LogP contribution in [0.3, 0.4) is 0 Å². The number of fused-ring (bicyclic) bond motifs is 1. The molecule has 1 radical (unpaired) electrons. The molecule has 12 heteroatoms. The molecule has 249 valence electrons. The number of aliphatic hydroxyl groups is 2. The zero-order chi connectivity index (χ0) is 32.6. The average molecular weight is 736 g/mol. The number of rotatable bonds is 8. The molecular weight excluding hydrogens is 692 g/mol. The van der Waals surface area contributed by atoms with Gasteiger partial charge in [-0.1, -0.05) is 31.0 Å². The van der Waals surface area contributed by atoms with E-state index < -0.39 is 6.10 Å². The maximum Gasteiger partial charge on any atom is 0.224 e. The second-order valence-corrected chi connectivity index (χ2v) is 13.5. The first-order valence-corrected chi connectivity index (χ1v) is 16.8. The summed E-state index contributed by atoms with van der Waals surface area (Å²) in [6.45, 7) is 3.82. The van der Waals surface area contributed by atoms with E-state index in [0.717, 1.165) is 60.4 Å². The monoisotopic (exact) mass is 735 g/mol. The fourth-order valence-corrected chi connectivity index (χ4v) is 6.42. The number of hydrogen-bond acceptors (Lipinski definition) is 7. The minimum absolute atomic E-state index is 0. The van der Waals surface area contributed by atoms with Gasteiger partial charge < -0.3 is 27.0 Å². The summed E-state index contributed by atoms with van der Waals surface area (Å²) in [5.74, 6) is 0.253. The number of halogens is 1. The van der Waals surface area contributed by atoms with Crippen LogP contribution >= 0.6 is 11.3 Å². The van der Waals surface area contributed by atoms with Crippen LogP contribution in [0.5, 0.6) is 0 Å². The van der Waals surface area contributed by atoms with Crippen LogP contribution in [-0.2, 0) is 44.0 Å². The minimum Gasteiger partial charge on any atom is -0.699 e. The maximum atomic E-state index is 12.5. The SMILES string of the molecule is Cc1ccc([NH-])cc1F.O=C(NCC(O)CO)C1CCCN(Cc2ccc(-c3cc4nccc(C5CC5)c4s3)nc2)C1.[NH-]C1CC1.[Y]. The molecule has 9 nitrogen and oxygen atoms in total. The van der Waals surface area contributed by atoms with Gasteiger partial charge in [0.25, 0.3) is 0 Å². The van der Waals surface area contributed by atoms with Crippen molar-refractivity contribution >= 4 is 33.1 Å². The van der Waals surface area contributed by atoms with Crippen molar-refractivity contribution in [2.45, 2.75) is 70.1 Å². The molecule has 1 aromatic carbocycles. The Morgan fingerprint density at radius 1 is 1.13 bits per heavy atom. The van der Waals surface area contributed by atoms with Crippen molar-refractivity contribution in [1.29, 1.82) is 0 Å². The fraction of sp³-hybridized carbons (Fsp3) is 0.457. The van der Waals surface area contributed by atoms with Crippen LogP contribution in [0.15, 0.2) is 54.9 Å². The average Bonchev–Trinajstić information content (AvgIpc) is 4.01. The van der Waals surface area contributed by atoms with E-state index in [-0.39, 0.29) is 69.2 Å². The van der Waals surface area contributed by atoms with Gasteiger partial charge in [0, 0.05) is 64.7 Å². The predicted octanol–water partition coefficient (Wildman–Crippen LogP) is 6.93. The number of pyridine rings is 2. The Hall–Kier alpha value is -2.38. The van der Waals surface area contributed by atoms with E-state index >= 15 is 0 Å². The number of aromatic nitrogens is 2. The predicted molar refractivity (Wildman–Crippen MR) is 181 cm³/mol. The first-order valence-electron chi connectivity index (χ1n) is 16.0. The third kappa shape index (κ3) is 11.3. The summed E-state index contributed by atoms with van der Waals surface area (Å²) in [5, 5.41) is 21.1. The first kappa shape index (κ1) is 37.4. The fourth-order valence-electron chi connectivity index (χ4n) is 5.24. The summed E-state index contributed by atoms with van der Waals surface area (Å²) >= 11 is 1.79. The van der Waals surface area contributed by atoms with Crippen LogP contribution < -0.4 is 5.32 Å². The number of aliphatic hydroxyl groups excluding tert-OH is 2. The summed E-state index contributed by atoms with van der Waals surface area (Å²) < 4.78 is 13.8. The number of benzene rings is 1. The molecule has 2 saturated carbocycles. The van der Waals surface area contributed by atoms with Crippen molar-refractivity contribution in [3.8, 4) is 10.6 Å². The molecule has 4 aromatic rings. The van der Waals surface area contributed by atoms with Crippen LogP contribution in [0, 0.1) is 18.7 Å². The molecule has 2 unspecified atom stereocenters. The van der Waals surface area contributed by atoms with Crippen molar-refractivity contribution in [3.05, 3.63) is 88.8 Å². The number of amides is 1. The Morgan fingerprint density at radius 2 is 1.89 bits per heavy atom. The molecule has 3 aliphatic rings. The van der Waals surface area contributed by atoms with Crippen LogP contribution in [-0.4, -0.2) is 69.4 Å². The topological polar surface area (TPSA) is 146 Å². The number of nitrogens with one attached hydrogen (secondary N) is 3. The van der Waals surface area contributed by atoms with Crippen molar-refractivity contribution in [2.24, 2.45) is 5.92 Å². The molecule has 3 aromatic heterocycles. The number of carbonyl (C=O) groups excluding carboxylic acids is 1. The Bertz CT molecular complexity index is 1600. The number of thiophene rings is 1. The van der Waals surface area contributed by atoms with Crippen LogP contribution in [0.4, 0.5) is 10.1 Å². The molecule has 1 saturated heterocycles. The molecule has 0 spiro atoms. The third-order valence-corrected chi connectivity index (χ3v) is 9.49. The summed E-state index contributed by atoms with van der Waals surface area (Å²) in [4.78, 5) is 25.2. The Morgan fingerprint density at radius 3 is 2.51 bits per heavy atom. The second kappa shape index (κ2) is 17.9. The van der Waals surface area contributed by atoms with Gasteiger partial charge in [0.15, 0.2) is 0 Å². The van der Waals surface area contributed by atoms with Gasteiger partial charge in [-0.2, -0.15) is 0 Å². The van der Waals surface area contributed by atoms with Crippen molar-refractivity contribution in [2.75, 3.05) is 26.2 Å². The summed E-state index contributed by atoms with van der Waals surface area (Å²) in [6, 6.07) is 13.2. The van der Waals surface area contributed by atoms with Gasteiger partial charge in [-0.3, -0.25) is 19.7 Å². The zero-order valence-corrected chi connectivity index (χ0v) is 30.4. The largest absolute Gasteiger partial charge is 0.699 e. The van der Waals surface area contributed by atoms with Gasteiger partial charge in [0.2, 0.25) is 5.91 Å². The smallest absolute Gasteiger partial charge is 0.224 e. The van der Waals surface area contributed by atoms with Gasteiger partial charge in [-0.05, 0) is 86.0 Å². The number of hydrogen-bond donors (Lipinski definition) is 3. The van der Waals surface area contributed by atoms with E-state index in [1.165, 1.54) is 29.2 Å². The van der Waals surface area contributed by atoms with E-state index in [2.05, 4.69) is 39.5 Å². The number of likely N-dealkylation sites (tertiary alicyclic amines) is 1. The van der Waals surface area contributed by atoms with Crippen molar-refractivity contribution in [1.82, 2.24) is 20.2 Å². The third-order valence-electron chi connectivity index (χ3n) is 8.29. The Balaban J connectivity index is 0.000000297. The minimum atomic E-state index is -0.907. The van der Waals surface area contributed by atoms with Gasteiger partial charge in [0.1, 0.15) is 5.82 Å². The van der Waals surface area contributed by atoms with Gasteiger partial charge in [0.05, 0.1) is 39.4 Å². The summed E-state index contributed by atoms with van der Waals surface area (Å²) in [5.41, 5.74) is 19.1. The second-order valence-electron chi connectivity index (χ2n) is 12.4. The quantitative estimate of drug-likeness (QED) is 0.179. The van der Waals surface area contributed by atoms with E-state index in [9.17, 15) is 14.3 Å². The van der Waals surface area contributed by atoms with Crippen LogP contribution in [0.25, 0.3) is 32.3 Å². The zero-order valence-electron chi connectivity index (χ0n) is 26.8. The molecule has 4 heterocycles. The molecule has 2 aliphatic carbocycles. The van der Waals surface area contributed by atoms with E-state index in [0.29, 0.717) is 24.1 Å². The maximum absolute atomic E-state index is 12.5. The normalized spacial score (nSPS) is 18.2. The molecular formula is C35H43FN6O3SY-2. The molecule has 2 atom stereocenters. The van der Waals surface area contributed by atoms with E-state index in [1.54, 1.807) is 30.4 Å². The molecule has 5 N–H and O–H groups in total. The standard InChI is InChI=1S/C25H30N4O3S.C7H7FN.C3H6N.Y/c30-15-19(31)12-28-25(32)18-2-1-9-29(14-18)13-16-3-6-21(27-11-16)23-10-22-24(33-23)20(7-8-26-22)17-4-5-17;1-5-2-3-6(9)4-7(5)8;4-3-1-2-3;/h3,6-8,10-11,17-19,30-31H,1-2,4-5,9,12-15H2,(H,28,32);2-4,9H,1H3;3-4H,1-2H2;/q;2*-1;. The Kier molecular flexibility index (Phi) is 14.2. The van der Waals surface area contributed by atoms with E-state index in [4.69, 9.17) is 21.6 Å². The number of carbonyl (C=O) groups is 1. The number of nitrogens with zero attached hydrogens (tertiary/aromatic N) is 3. The molecule has 1 aliphatic heterocycles. The van der Waals surface area contributed by atoms with Crippen molar-refractivity contribution < 1.29 is 52.1 Å². The number of aryl methyl sites for hydroxylation is 1. The molecule has 3 fully saturated rings. The van der Waals surface area contributed by atoms with Crippen LogP contribution in [0.1, 0.15) is 61.1 Å². The van der Waals surface area contributed by atoms with E-state index in [1.807, 2.05) is 12.4 Å². The van der Waals surface area contributed by atoms with Crippen LogP contribution in [0.2, 0.25) is 0 Å². The molecule has 7 rings (SSSR count). The van der Waals surface area contributed by atoms with Crippen molar-refractivity contribution in [3.63, 3.8) is 0 Å². The molecule has 0 bridgehead atoms. The summed E-state index contributed by atoms with van der Waals surface area (Å²) in [7, 11) is 0. The first-order chi connectivity index (χ1) is 22.2. The van der Waals surface area contributed by atoms with Gasteiger partial charge in [-0.15, -0.1) is 23.1 Å². The Labute approximate surface area is 305 Å². The molecule has 47 heavy (non-hydrogen) atoms. The molecule has 1 amide bonds.